The molecule has 0 spiro atoms. The Balaban J connectivity index is 1.60. The third-order valence-corrected chi connectivity index (χ3v) is 3.93. The maximum Gasteiger partial charge on any atom is 0.451 e. The molecule has 3 aromatic rings. The van der Waals surface area contributed by atoms with Crippen LogP contribution < -0.4 is 11.0 Å². The smallest absolute Gasteiger partial charge is 0.353 e. The summed E-state index contributed by atoms with van der Waals surface area (Å²) in [6.07, 6.45) is -2.93. The van der Waals surface area contributed by atoms with Crippen molar-refractivity contribution in [3.05, 3.63) is 52.8 Å². The summed E-state index contributed by atoms with van der Waals surface area (Å²) >= 11 is 0. The van der Waals surface area contributed by atoms with Gasteiger partial charge in [-0.25, -0.2) is 9.48 Å². The van der Waals surface area contributed by atoms with Gasteiger partial charge in [0.15, 0.2) is 0 Å². The van der Waals surface area contributed by atoms with Crippen LogP contribution in [0.1, 0.15) is 5.82 Å². The number of hydrogen-bond donors (Lipinski definition) is 1. The van der Waals surface area contributed by atoms with Crippen LogP contribution in [-0.2, 0) is 31.1 Å². The molecular formula is C16H16F3N5O2. The van der Waals surface area contributed by atoms with Crippen LogP contribution in [0.5, 0.6) is 0 Å². The summed E-state index contributed by atoms with van der Waals surface area (Å²) in [4.78, 5) is 23.8. The van der Waals surface area contributed by atoms with E-state index in [0.29, 0.717) is 9.25 Å². The predicted molar refractivity (Wildman–Crippen MR) is 87.4 cm³/mol. The fourth-order valence-electron chi connectivity index (χ4n) is 2.67. The maximum absolute atomic E-state index is 12.7. The third-order valence-electron chi connectivity index (χ3n) is 3.93. The average Bonchev–Trinajstić information content (AvgIpc) is 3.11. The average molecular weight is 367 g/mol. The molecule has 0 atom stereocenters. The van der Waals surface area contributed by atoms with Gasteiger partial charge in [-0.1, -0.05) is 18.2 Å². The van der Waals surface area contributed by atoms with Crippen molar-refractivity contribution >= 4 is 16.8 Å². The van der Waals surface area contributed by atoms with Crippen LogP contribution in [0, 0.1) is 0 Å². The van der Waals surface area contributed by atoms with Gasteiger partial charge in [-0.2, -0.15) is 13.2 Å². The molecule has 2 aromatic heterocycles. The lowest BCUT2D eigenvalue weighted by molar-refractivity contribution is -0.147. The van der Waals surface area contributed by atoms with Crippen molar-refractivity contribution in [2.45, 2.75) is 19.3 Å². The molecule has 1 N–H and O–H groups in total. The van der Waals surface area contributed by atoms with Gasteiger partial charge in [-0.3, -0.25) is 9.36 Å². The number of rotatable bonds is 5. The summed E-state index contributed by atoms with van der Waals surface area (Å²) in [7, 11) is 1.00. The largest absolute Gasteiger partial charge is 0.451 e. The first-order valence-electron chi connectivity index (χ1n) is 7.79. The summed E-state index contributed by atoms with van der Waals surface area (Å²) in [5, 5.41) is 6.86. The highest BCUT2D eigenvalue weighted by atomic mass is 19.4. The molecule has 0 radical (unpaired) electrons. The van der Waals surface area contributed by atoms with Crippen molar-refractivity contribution in [3.63, 3.8) is 0 Å². The number of nitrogens with one attached hydrogen (secondary N) is 1. The van der Waals surface area contributed by atoms with Crippen LogP contribution in [-0.4, -0.2) is 31.4 Å². The van der Waals surface area contributed by atoms with E-state index in [1.54, 1.807) is 10.8 Å². The Hall–Kier alpha value is -3.04. The number of hydrogen-bond acceptors (Lipinski definition) is 3. The van der Waals surface area contributed by atoms with Crippen molar-refractivity contribution in [3.8, 4) is 0 Å². The van der Waals surface area contributed by atoms with E-state index in [1.165, 1.54) is 0 Å². The van der Waals surface area contributed by atoms with Crippen LogP contribution in [0.3, 0.4) is 0 Å². The maximum atomic E-state index is 12.7. The van der Waals surface area contributed by atoms with Crippen LogP contribution in [0.25, 0.3) is 10.9 Å². The summed E-state index contributed by atoms with van der Waals surface area (Å²) in [5.41, 5.74) is 0.0152. The number of para-hydroxylation sites is 1. The molecule has 138 valence electrons. The number of carbonyl (C=O) groups excluding carboxylic acids is 1. The van der Waals surface area contributed by atoms with E-state index in [1.807, 2.05) is 30.3 Å². The van der Waals surface area contributed by atoms with Crippen LogP contribution >= 0.6 is 0 Å². The first-order valence-corrected chi connectivity index (χ1v) is 7.79. The lowest BCUT2D eigenvalue weighted by atomic mass is 10.2. The van der Waals surface area contributed by atoms with E-state index in [9.17, 15) is 22.8 Å². The topological polar surface area (TPSA) is 73.8 Å². The van der Waals surface area contributed by atoms with Gasteiger partial charge in [0.05, 0.1) is 6.54 Å². The highest BCUT2D eigenvalue weighted by molar-refractivity contribution is 5.83. The second-order valence-corrected chi connectivity index (χ2v) is 5.74. The highest BCUT2D eigenvalue weighted by Crippen LogP contribution is 2.25. The third kappa shape index (κ3) is 3.48. The summed E-state index contributed by atoms with van der Waals surface area (Å²) in [5.74, 6) is -1.58. The summed E-state index contributed by atoms with van der Waals surface area (Å²) in [6, 6.07) is 9.45. The van der Waals surface area contributed by atoms with E-state index in [0.717, 1.165) is 18.0 Å². The lowest BCUT2D eigenvalue weighted by Gasteiger charge is -2.07. The second-order valence-electron chi connectivity index (χ2n) is 5.74. The number of fused-ring (bicyclic) bond motifs is 1. The Labute approximate surface area is 145 Å². The Kier molecular flexibility index (Phi) is 4.58. The van der Waals surface area contributed by atoms with Crippen molar-refractivity contribution in [2.75, 3.05) is 6.54 Å². The Morgan fingerprint density at radius 2 is 1.96 bits per heavy atom. The SMILES string of the molecule is Cn1c(C(F)(F)F)nn(CCNC(=O)Cn2ccc3ccccc32)c1=O. The van der Waals surface area contributed by atoms with Crippen LogP contribution in [0.2, 0.25) is 0 Å². The van der Waals surface area contributed by atoms with Crippen LogP contribution in [0.4, 0.5) is 13.2 Å². The molecule has 0 bridgehead atoms. The van der Waals surface area contributed by atoms with Gasteiger partial charge < -0.3 is 9.88 Å². The van der Waals surface area contributed by atoms with Crippen molar-refractivity contribution < 1.29 is 18.0 Å². The minimum atomic E-state index is -4.71. The Morgan fingerprint density at radius 1 is 1.23 bits per heavy atom. The highest BCUT2D eigenvalue weighted by Gasteiger charge is 2.37. The van der Waals surface area contributed by atoms with Gasteiger partial charge in [-0.05, 0) is 17.5 Å². The van der Waals surface area contributed by atoms with Crippen molar-refractivity contribution in [2.24, 2.45) is 7.05 Å². The molecule has 10 heteroatoms. The molecule has 2 heterocycles. The van der Waals surface area contributed by atoms with E-state index in [4.69, 9.17) is 0 Å². The molecule has 0 aliphatic heterocycles. The number of amides is 1. The molecule has 0 fully saturated rings. The molecule has 0 saturated carbocycles. The molecule has 0 aliphatic carbocycles. The monoisotopic (exact) mass is 367 g/mol. The van der Waals surface area contributed by atoms with Gasteiger partial charge in [-0.15, -0.1) is 5.10 Å². The molecule has 1 amide bonds. The zero-order valence-corrected chi connectivity index (χ0v) is 13.8. The lowest BCUT2D eigenvalue weighted by Crippen LogP contribution is -2.33. The Morgan fingerprint density at radius 3 is 2.65 bits per heavy atom. The molecule has 7 nitrogen and oxygen atoms in total. The molecule has 3 rings (SSSR count). The van der Waals surface area contributed by atoms with E-state index in [2.05, 4.69) is 10.4 Å². The first-order chi connectivity index (χ1) is 12.3. The zero-order valence-electron chi connectivity index (χ0n) is 13.8. The number of aromatic nitrogens is 4. The quantitative estimate of drug-likeness (QED) is 0.740. The first kappa shape index (κ1) is 17.8. The van der Waals surface area contributed by atoms with E-state index < -0.39 is 17.7 Å². The molecule has 1 aromatic carbocycles. The summed E-state index contributed by atoms with van der Waals surface area (Å²) < 4.78 is 41.1. The van der Waals surface area contributed by atoms with E-state index >= 15 is 0 Å². The van der Waals surface area contributed by atoms with Gasteiger partial charge in [0.25, 0.3) is 0 Å². The van der Waals surface area contributed by atoms with Crippen molar-refractivity contribution in [1.29, 1.82) is 0 Å². The van der Waals surface area contributed by atoms with Crippen LogP contribution in [0.15, 0.2) is 41.3 Å². The number of alkyl halides is 3. The molecule has 0 saturated heterocycles. The predicted octanol–water partition coefficient (Wildman–Crippen LogP) is 1.37. The number of halogens is 3. The van der Waals surface area contributed by atoms with Crippen molar-refractivity contribution in [1.82, 2.24) is 24.2 Å². The molecule has 0 aliphatic rings. The number of benzene rings is 1. The van der Waals surface area contributed by atoms with Gasteiger partial charge >= 0.3 is 11.9 Å². The Bertz CT molecular complexity index is 999. The standard InChI is InChI=1S/C16H16F3N5O2/c1-22-14(16(17,18)19)21-24(15(22)26)9-7-20-13(25)10-23-8-6-11-4-2-3-5-12(11)23/h2-6,8H,7,9-10H2,1H3,(H,20,25). The minimum absolute atomic E-state index is 0.00769. The zero-order chi connectivity index (χ0) is 18.9. The number of nitrogens with zero attached hydrogens (tertiary/aromatic N) is 4. The molecule has 26 heavy (non-hydrogen) atoms. The second kappa shape index (κ2) is 6.70. The van der Waals surface area contributed by atoms with Gasteiger partial charge in [0, 0.05) is 25.3 Å². The fourth-order valence-corrected chi connectivity index (χ4v) is 2.67. The minimum Gasteiger partial charge on any atom is -0.353 e. The molecule has 0 unspecified atom stereocenters. The van der Waals surface area contributed by atoms with E-state index in [-0.39, 0.29) is 25.5 Å². The molecular weight excluding hydrogens is 351 g/mol. The normalized spacial score (nSPS) is 11.8. The summed E-state index contributed by atoms with van der Waals surface area (Å²) in [6.45, 7) is -0.0917. The fraction of sp³-hybridized carbons (Fsp3) is 0.312. The van der Waals surface area contributed by atoms with Gasteiger partial charge in [0.2, 0.25) is 11.7 Å². The van der Waals surface area contributed by atoms with Gasteiger partial charge in [0.1, 0.15) is 6.54 Å². The number of carbonyl (C=O) groups is 1.